The number of halogens is 3. The summed E-state index contributed by atoms with van der Waals surface area (Å²) in [6.45, 7) is 0.827. The molecule has 4 rings (SSSR count). The first-order valence-corrected chi connectivity index (χ1v) is 10.9. The van der Waals surface area contributed by atoms with Crippen LogP contribution in [0.2, 0.25) is 0 Å². The Bertz CT molecular complexity index is 1260. The van der Waals surface area contributed by atoms with Crippen LogP contribution in [0.1, 0.15) is 45.9 Å². The number of aryl methyl sites for hydroxylation is 2. The Hall–Kier alpha value is -4.21. The molecule has 1 N–H and O–H groups in total. The fourth-order valence-electron chi connectivity index (χ4n) is 3.32. The number of amides is 1. The number of oxazole rings is 1. The van der Waals surface area contributed by atoms with Gasteiger partial charge in [0, 0.05) is 24.5 Å². The fourth-order valence-corrected chi connectivity index (χ4v) is 3.32. The molecular formula is C25H22F3N5O2. The Morgan fingerprint density at radius 2 is 1.80 bits per heavy atom. The molecule has 0 unspecified atom stereocenters. The Kier molecular flexibility index (Phi) is 7.39. The van der Waals surface area contributed by atoms with E-state index in [1.807, 2.05) is 30.5 Å². The lowest BCUT2D eigenvalue weighted by molar-refractivity contribution is -0.137. The number of benzene rings is 2. The van der Waals surface area contributed by atoms with E-state index in [-0.39, 0.29) is 11.6 Å². The van der Waals surface area contributed by atoms with Crippen molar-refractivity contribution < 1.29 is 22.4 Å². The van der Waals surface area contributed by atoms with E-state index in [1.165, 1.54) is 30.0 Å². The third kappa shape index (κ3) is 6.89. The van der Waals surface area contributed by atoms with Gasteiger partial charge in [-0.15, -0.1) is 5.10 Å². The number of alkyl halides is 3. The standard InChI is InChI=1S/C25H22F3N5O2/c26-25(27,28)20-9-4-19(5-10-20)8-13-23-31-22(17-35-23)24(34)30-21-11-6-18(7-12-21)3-1-2-15-33-16-14-29-32-33/h4-14,16-17H,1-3,15H2,(H,30,34). The lowest BCUT2D eigenvalue weighted by Crippen LogP contribution is -2.12. The van der Waals surface area contributed by atoms with Gasteiger partial charge in [0.15, 0.2) is 5.69 Å². The molecule has 10 heteroatoms. The van der Waals surface area contributed by atoms with Crippen LogP contribution < -0.4 is 5.32 Å². The number of carbonyl (C=O) groups is 1. The van der Waals surface area contributed by atoms with Gasteiger partial charge < -0.3 is 9.73 Å². The zero-order valence-electron chi connectivity index (χ0n) is 18.6. The smallest absolute Gasteiger partial charge is 0.416 e. The quantitative estimate of drug-likeness (QED) is 0.309. The molecule has 35 heavy (non-hydrogen) atoms. The highest BCUT2D eigenvalue weighted by Gasteiger charge is 2.29. The maximum absolute atomic E-state index is 12.6. The molecule has 0 saturated carbocycles. The molecule has 4 aromatic rings. The molecule has 1 amide bonds. The van der Waals surface area contributed by atoms with Gasteiger partial charge in [-0.3, -0.25) is 9.48 Å². The molecule has 2 heterocycles. The van der Waals surface area contributed by atoms with Crippen LogP contribution in [-0.2, 0) is 19.1 Å². The average molecular weight is 481 g/mol. The van der Waals surface area contributed by atoms with Gasteiger partial charge in [-0.1, -0.05) is 29.5 Å². The van der Waals surface area contributed by atoms with E-state index in [4.69, 9.17) is 4.42 Å². The van der Waals surface area contributed by atoms with Crippen molar-refractivity contribution >= 4 is 23.7 Å². The van der Waals surface area contributed by atoms with Crippen molar-refractivity contribution in [3.05, 3.63) is 95.5 Å². The first-order chi connectivity index (χ1) is 16.9. The highest BCUT2D eigenvalue weighted by molar-refractivity contribution is 6.02. The Balaban J connectivity index is 1.26. The molecule has 0 fully saturated rings. The van der Waals surface area contributed by atoms with E-state index in [0.717, 1.165) is 37.9 Å². The average Bonchev–Trinajstić information content (AvgIpc) is 3.54. The summed E-state index contributed by atoms with van der Waals surface area (Å²) >= 11 is 0. The minimum Gasteiger partial charge on any atom is -0.444 e. The molecule has 0 bridgehead atoms. The van der Waals surface area contributed by atoms with Gasteiger partial charge in [0.05, 0.1) is 11.8 Å². The summed E-state index contributed by atoms with van der Waals surface area (Å²) in [5, 5.41) is 10.5. The molecule has 0 saturated heterocycles. The summed E-state index contributed by atoms with van der Waals surface area (Å²) in [5.41, 5.74) is 1.71. The molecule has 0 aliphatic rings. The van der Waals surface area contributed by atoms with E-state index >= 15 is 0 Å². The third-order valence-corrected chi connectivity index (χ3v) is 5.20. The monoisotopic (exact) mass is 481 g/mol. The first-order valence-electron chi connectivity index (χ1n) is 10.9. The molecule has 0 radical (unpaired) electrons. The van der Waals surface area contributed by atoms with Crippen molar-refractivity contribution in [3.63, 3.8) is 0 Å². The molecule has 2 aromatic carbocycles. The van der Waals surface area contributed by atoms with Crippen molar-refractivity contribution in [2.24, 2.45) is 0 Å². The van der Waals surface area contributed by atoms with Gasteiger partial charge in [-0.2, -0.15) is 13.2 Å². The molecule has 0 spiro atoms. The van der Waals surface area contributed by atoms with Gasteiger partial charge in [-0.25, -0.2) is 4.98 Å². The van der Waals surface area contributed by atoms with Crippen molar-refractivity contribution in [1.29, 1.82) is 0 Å². The predicted octanol–water partition coefficient (Wildman–Crippen LogP) is 5.73. The molecule has 7 nitrogen and oxygen atoms in total. The number of unbranched alkanes of at least 4 members (excludes halogenated alkanes) is 1. The van der Waals surface area contributed by atoms with Crippen LogP contribution in [-0.4, -0.2) is 25.9 Å². The Labute approximate surface area is 199 Å². The van der Waals surface area contributed by atoms with Gasteiger partial charge in [0.1, 0.15) is 6.26 Å². The molecule has 0 atom stereocenters. The summed E-state index contributed by atoms with van der Waals surface area (Å²) in [7, 11) is 0. The molecule has 180 valence electrons. The second-order valence-corrected chi connectivity index (χ2v) is 7.80. The number of aromatic nitrogens is 4. The van der Waals surface area contributed by atoms with Crippen molar-refractivity contribution in [3.8, 4) is 0 Å². The third-order valence-electron chi connectivity index (χ3n) is 5.20. The van der Waals surface area contributed by atoms with Crippen LogP contribution in [0.3, 0.4) is 0 Å². The molecule has 2 aromatic heterocycles. The van der Waals surface area contributed by atoms with E-state index in [0.29, 0.717) is 11.3 Å². The maximum Gasteiger partial charge on any atom is 0.416 e. The van der Waals surface area contributed by atoms with Crippen LogP contribution in [0.5, 0.6) is 0 Å². The van der Waals surface area contributed by atoms with Crippen molar-refractivity contribution in [2.45, 2.75) is 32.0 Å². The minimum absolute atomic E-state index is 0.0919. The molecular weight excluding hydrogens is 459 g/mol. The number of rotatable bonds is 9. The molecule has 0 aliphatic heterocycles. The van der Waals surface area contributed by atoms with Crippen LogP contribution >= 0.6 is 0 Å². The Morgan fingerprint density at radius 1 is 1.03 bits per heavy atom. The fraction of sp³-hybridized carbons (Fsp3) is 0.200. The number of nitrogens with one attached hydrogen (secondary N) is 1. The second kappa shape index (κ2) is 10.8. The zero-order valence-corrected chi connectivity index (χ0v) is 18.6. The lowest BCUT2D eigenvalue weighted by atomic mass is 10.1. The highest BCUT2D eigenvalue weighted by Crippen LogP contribution is 2.29. The van der Waals surface area contributed by atoms with E-state index in [1.54, 1.807) is 17.0 Å². The highest BCUT2D eigenvalue weighted by atomic mass is 19.4. The van der Waals surface area contributed by atoms with Crippen LogP contribution in [0.25, 0.3) is 12.2 Å². The van der Waals surface area contributed by atoms with Gasteiger partial charge in [0.2, 0.25) is 5.89 Å². The van der Waals surface area contributed by atoms with Crippen LogP contribution in [0.4, 0.5) is 18.9 Å². The SMILES string of the molecule is O=C(Nc1ccc(CCCCn2ccnn2)cc1)c1coc(C=Cc2ccc(C(F)(F)F)cc2)n1. The zero-order chi connectivity index (χ0) is 24.7. The number of nitrogens with zero attached hydrogens (tertiary/aromatic N) is 4. The second-order valence-electron chi connectivity index (χ2n) is 7.80. The first kappa shape index (κ1) is 23.9. The largest absolute Gasteiger partial charge is 0.444 e. The number of hydrogen-bond donors (Lipinski definition) is 1. The number of hydrogen-bond acceptors (Lipinski definition) is 5. The molecule has 0 aliphatic carbocycles. The van der Waals surface area contributed by atoms with Crippen LogP contribution in [0, 0.1) is 0 Å². The maximum atomic E-state index is 12.6. The number of carbonyl (C=O) groups excluding carboxylic acids is 1. The summed E-state index contributed by atoms with van der Waals surface area (Å²) in [6, 6.07) is 12.3. The summed E-state index contributed by atoms with van der Waals surface area (Å²) < 4.78 is 45.0. The minimum atomic E-state index is -4.38. The lowest BCUT2D eigenvalue weighted by Gasteiger charge is -2.06. The normalized spacial score (nSPS) is 11.7. The topological polar surface area (TPSA) is 85.8 Å². The summed E-state index contributed by atoms with van der Waals surface area (Å²) in [4.78, 5) is 16.6. The van der Waals surface area contributed by atoms with Gasteiger partial charge >= 0.3 is 6.18 Å². The van der Waals surface area contributed by atoms with E-state index in [9.17, 15) is 18.0 Å². The predicted molar refractivity (Wildman–Crippen MR) is 124 cm³/mol. The Morgan fingerprint density at radius 3 is 2.49 bits per heavy atom. The number of anilines is 1. The van der Waals surface area contributed by atoms with Gasteiger partial charge in [0.25, 0.3) is 5.91 Å². The van der Waals surface area contributed by atoms with E-state index < -0.39 is 17.6 Å². The van der Waals surface area contributed by atoms with Crippen molar-refractivity contribution in [2.75, 3.05) is 5.32 Å². The van der Waals surface area contributed by atoms with Crippen LogP contribution in [0.15, 0.2) is 71.6 Å². The summed E-state index contributed by atoms with van der Waals surface area (Å²) in [6.07, 6.45) is 6.29. The van der Waals surface area contributed by atoms with Crippen molar-refractivity contribution in [1.82, 2.24) is 20.0 Å². The summed E-state index contributed by atoms with van der Waals surface area (Å²) in [5.74, 6) is -0.264. The van der Waals surface area contributed by atoms with Gasteiger partial charge in [-0.05, 0) is 60.7 Å². The van der Waals surface area contributed by atoms with E-state index in [2.05, 4.69) is 20.6 Å².